The Labute approximate surface area is 226 Å². The number of carbonyl (C=O) groups excluding carboxylic acids is 1. The standard InChI is InChI=1S/C29H33N3O5S/c1-7-31(8-2)20-12-10-19(11-13-20)16-24-27(33)32-26(22-17-21(35-5)14-15-23(22)36-6)25(28(34)37-9-3)18(4)30-29(32)38-24/h10-17,26H,7-9H2,1-6H3/b24-16+/t26-/m0/s1. The number of allylic oxidation sites excluding steroid dienone is 1. The number of hydrogen-bond donors (Lipinski definition) is 0. The number of methoxy groups -OCH3 is 2. The molecule has 0 radical (unpaired) electrons. The summed E-state index contributed by atoms with van der Waals surface area (Å²) in [6.07, 6.45) is 1.86. The van der Waals surface area contributed by atoms with E-state index in [9.17, 15) is 9.59 Å². The van der Waals surface area contributed by atoms with Crippen LogP contribution in [0.25, 0.3) is 6.08 Å². The van der Waals surface area contributed by atoms with Crippen molar-refractivity contribution in [2.75, 3.05) is 38.8 Å². The predicted octanol–water partition coefficient (Wildman–Crippen LogP) is 3.66. The van der Waals surface area contributed by atoms with Gasteiger partial charge in [-0.15, -0.1) is 0 Å². The summed E-state index contributed by atoms with van der Waals surface area (Å²) in [5.41, 5.74) is 3.19. The van der Waals surface area contributed by atoms with Crippen LogP contribution in [0, 0.1) is 0 Å². The van der Waals surface area contributed by atoms with Gasteiger partial charge in [0, 0.05) is 24.3 Å². The lowest BCUT2D eigenvalue weighted by Crippen LogP contribution is -2.40. The van der Waals surface area contributed by atoms with Gasteiger partial charge in [-0.3, -0.25) is 9.36 Å². The van der Waals surface area contributed by atoms with Gasteiger partial charge in [0.2, 0.25) is 0 Å². The second kappa shape index (κ2) is 11.7. The van der Waals surface area contributed by atoms with E-state index < -0.39 is 12.0 Å². The second-order valence-electron chi connectivity index (χ2n) is 8.67. The zero-order chi connectivity index (χ0) is 27.4. The van der Waals surface area contributed by atoms with Crippen LogP contribution in [-0.2, 0) is 9.53 Å². The maximum Gasteiger partial charge on any atom is 0.338 e. The van der Waals surface area contributed by atoms with E-state index in [1.165, 1.54) is 11.3 Å². The first kappa shape index (κ1) is 27.2. The molecule has 0 N–H and O–H groups in total. The quantitative estimate of drug-likeness (QED) is 0.389. The van der Waals surface area contributed by atoms with Crippen molar-refractivity contribution >= 4 is 29.1 Å². The monoisotopic (exact) mass is 535 g/mol. The zero-order valence-electron chi connectivity index (χ0n) is 22.6. The highest BCUT2D eigenvalue weighted by Crippen LogP contribution is 2.37. The van der Waals surface area contributed by atoms with Crippen LogP contribution in [0.3, 0.4) is 0 Å². The molecule has 0 aliphatic carbocycles. The van der Waals surface area contributed by atoms with Crippen LogP contribution in [0.4, 0.5) is 5.69 Å². The first-order chi connectivity index (χ1) is 18.4. The number of thiazole rings is 1. The Kier molecular flexibility index (Phi) is 8.36. The molecule has 0 unspecified atom stereocenters. The zero-order valence-corrected chi connectivity index (χ0v) is 23.4. The summed E-state index contributed by atoms with van der Waals surface area (Å²) in [6.45, 7) is 9.79. The van der Waals surface area contributed by atoms with Gasteiger partial charge < -0.3 is 19.1 Å². The van der Waals surface area contributed by atoms with Crippen LogP contribution in [-0.4, -0.2) is 44.5 Å². The topological polar surface area (TPSA) is 82.4 Å². The number of rotatable bonds is 9. The molecule has 3 aromatic rings. The number of hydrogen-bond acceptors (Lipinski definition) is 8. The SMILES string of the molecule is CCOC(=O)C1=C(C)N=c2s/c(=C/c3ccc(N(CC)CC)cc3)c(=O)n2[C@H]1c1cc(OC)ccc1OC. The highest BCUT2D eigenvalue weighted by molar-refractivity contribution is 7.07. The van der Waals surface area contributed by atoms with Crippen molar-refractivity contribution < 1.29 is 19.0 Å². The molecule has 200 valence electrons. The lowest BCUT2D eigenvalue weighted by atomic mass is 9.94. The van der Waals surface area contributed by atoms with E-state index in [0.717, 1.165) is 24.3 Å². The molecule has 4 rings (SSSR count). The average Bonchev–Trinajstić information content (AvgIpc) is 3.23. The van der Waals surface area contributed by atoms with E-state index in [1.807, 2.05) is 18.2 Å². The van der Waals surface area contributed by atoms with E-state index in [4.69, 9.17) is 14.2 Å². The van der Waals surface area contributed by atoms with Crippen molar-refractivity contribution in [3.05, 3.63) is 84.5 Å². The molecule has 0 fully saturated rings. The molecule has 2 heterocycles. The van der Waals surface area contributed by atoms with Gasteiger partial charge in [0.25, 0.3) is 5.56 Å². The Hall–Kier alpha value is -3.85. The Balaban J connectivity index is 1.92. The number of nitrogens with zero attached hydrogens (tertiary/aromatic N) is 3. The Bertz CT molecular complexity index is 1530. The molecule has 0 saturated carbocycles. The smallest absolute Gasteiger partial charge is 0.338 e. The third kappa shape index (κ3) is 5.11. The Morgan fingerprint density at radius 3 is 2.39 bits per heavy atom. The lowest BCUT2D eigenvalue weighted by molar-refractivity contribution is -0.139. The van der Waals surface area contributed by atoms with Gasteiger partial charge in [0.15, 0.2) is 4.80 Å². The van der Waals surface area contributed by atoms with Gasteiger partial charge in [0.1, 0.15) is 17.5 Å². The highest BCUT2D eigenvalue weighted by Gasteiger charge is 2.35. The van der Waals surface area contributed by atoms with Crippen LogP contribution < -0.4 is 29.3 Å². The van der Waals surface area contributed by atoms with Crippen LogP contribution in [0.2, 0.25) is 0 Å². The van der Waals surface area contributed by atoms with Gasteiger partial charge >= 0.3 is 5.97 Å². The molecule has 0 amide bonds. The fraction of sp³-hybridized carbons (Fsp3) is 0.345. The van der Waals surface area contributed by atoms with Crippen molar-refractivity contribution in [2.45, 2.75) is 33.7 Å². The number of anilines is 1. The van der Waals surface area contributed by atoms with Crippen molar-refractivity contribution in [3.63, 3.8) is 0 Å². The fourth-order valence-corrected chi connectivity index (χ4v) is 5.71. The van der Waals surface area contributed by atoms with Crippen LogP contribution in [0.5, 0.6) is 11.5 Å². The average molecular weight is 536 g/mol. The third-order valence-corrected chi connectivity index (χ3v) is 7.55. The summed E-state index contributed by atoms with van der Waals surface area (Å²) in [4.78, 5) is 34.5. The lowest BCUT2D eigenvalue weighted by Gasteiger charge is -2.26. The van der Waals surface area contributed by atoms with Gasteiger partial charge in [-0.2, -0.15) is 0 Å². The van der Waals surface area contributed by atoms with E-state index >= 15 is 0 Å². The Morgan fingerprint density at radius 1 is 1.08 bits per heavy atom. The van der Waals surface area contributed by atoms with Crippen molar-refractivity contribution in [1.82, 2.24) is 4.57 Å². The van der Waals surface area contributed by atoms with Crippen LogP contribution in [0.1, 0.15) is 44.9 Å². The van der Waals surface area contributed by atoms with Gasteiger partial charge in [-0.25, -0.2) is 9.79 Å². The molecule has 1 aliphatic rings. The highest BCUT2D eigenvalue weighted by atomic mass is 32.1. The number of aromatic nitrogens is 1. The van der Waals surface area contributed by atoms with Crippen molar-refractivity contribution in [1.29, 1.82) is 0 Å². The summed E-state index contributed by atoms with van der Waals surface area (Å²) in [7, 11) is 3.12. The number of benzene rings is 2. The largest absolute Gasteiger partial charge is 0.497 e. The number of ether oxygens (including phenoxy) is 3. The summed E-state index contributed by atoms with van der Waals surface area (Å²) >= 11 is 1.29. The maximum absolute atomic E-state index is 13.9. The molecule has 1 aliphatic heterocycles. The van der Waals surface area contributed by atoms with E-state index in [-0.39, 0.29) is 12.2 Å². The molecular formula is C29H33N3O5S. The van der Waals surface area contributed by atoms with Crippen molar-refractivity contribution in [2.24, 2.45) is 4.99 Å². The minimum Gasteiger partial charge on any atom is -0.497 e. The number of fused-ring (bicyclic) bond motifs is 1. The first-order valence-electron chi connectivity index (χ1n) is 12.6. The molecule has 0 bridgehead atoms. The minimum absolute atomic E-state index is 0.200. The molecule has 1 aromatic heterocycles. The van der Waals surface area contributed by atoms with Crippen LogP contribution in [0.15, 0.2) is 63.5 Å². The normalized spacial score (nSPS) is 15.1. The van der Waals surface area contributed by atoms with Crippen molar-refractivity contribution in [3.8, 4) is 11.5 Å². The van der Waals surface area contributed by atoms with E-state index in [1.54, 1.807) is 50.8 Å². The maximum atomic E-state index is 13.9. The van der Waals surface area contributed by atoms with Gasteiger partial charge in [-0.1, -0.05) is 23.5 Å². The third-order valence-electron chi connectivity index (χ3n) is 6.57. The first-order valence-corrected chi connectivity index (χ1v) is 13.4. The molecule has 0 spiro atoms. The van der Waals surface area contributed by atoms with E-state index in [2.05, 4.69) is 35.9 Å². The van der Waals surface area contributed by atoms with Gasteiger partial charge in [-0.05, 0) is 69.7 Å². The molecule has 1 atom stereocenters. The summed E-state index contributed by atoms with van der Waals surface area (Å²) in [5.74, 6) is 0.577. The molecule has 9 heteroatoms. The number of esters is 1. The molecule has 8 nitrogen and oxygen atoms in total. The summed E-state index contributed by atoms with van der Waals surface area (Å²) in [6, 6.07) is 12.7. The summed E-state index contributed by atoms with van der Waals surface area (Å²) in [5, 5.41) is 0. The predicted molar refractivity (Wildman–Crippen MR) is 150 cm³/mol. The molecule has 0 saturated heterocycles. The minimum atomic E-state index is -0.789. The second-order valence-corrected chi connectivity index (χ2v) is 9.68. The fourth-order valence-electron chi connectivity index (χ4n) is 4.66. The molecular weight excluding hydrogens is 502 g/mol. The Morgan fingerprint density at radius 2 is 1.79 bits per heavy atom. The number of carbonyl (C=O) groups is 1. The summed E-state index contributed by atoms with van der Waals surface area (Å²) < 4.78 is 18.6. The molecule has 2 aromatic carbocycles. The molecule has 38 heavy (non-hydrogen) atoms. The van der Waals surface area contributed by atoms with E-state index in [0.29, 0.717) is 37.7 Å². The van der Waals surface area contributed by atoms with Gasteiger partial charge in [0.05, 0.1) is 36.6 Å². The van der Waals surface area contributed by atoms with Crippen LogP contribution >= 0.6 is 11.3 Å².